The molecular formula is C18H20N5O6P. The van der Waals surface area contributed by atoms with Crippen LogP contribution in [-0.4, -0.2) is 58.1 Å². The van der Waals surface area contributed by atoms with Gasteiger partial charge in [0.1, 0.15) is 30.5 Å². The second-order valence-electron chi connectivity index (χ2n) is 6.79. The lowest BCUT2D eigenvalue weighted by Gasteiger charge is -2.15. The van der Waals surface area contributed by atoms with Crippen LogP contribution in [0.1, 0.15) is 11.8 Å². The van der Waals surface area contributed by atoms with Crippen LogP contribution < -0.4 is 5.32 Å². The zero-order chi connectivity index (χ0) is 21.3. The van der Waals surface area contributed by atoms with Gasteiger partial charge in [-0.1, -0.05) is 30.3 Å². The highest BCUT2D eigenvalue weighted by atomic mass is 31.2. The molecule has 3 heterocycles. The van der Waals surface area contributed by atoms with E-state index in [9.17, 15) is 14.8 Å². The summed E-state index contributed by atoms with van der Waals surface area (Å²) >= 11 is 0. The summed E-state index contributed by atoms with van der Waals surface area (Å²) in [6.07, 6.45) is -1.09. The number of nitrogens with one attached hydrogen (secondary N) is 1. The van der Waals surface area contributed by atoms with E-state index in [1.165, 1.54) is 17.2 Å². The number of anilines is 1. The first-order valence-corrected chi connectivity index (χ1v) is 10.7. The molecule has 11 nitrogen and oxygen atoms in total. The molecule has 2 aromatic heterocycles. The lowest BCUT2D eigenvalue weighted by molar-refractivity contribution is -0.0318. The van der Waals surface area contributed by atoms with Gasteiger partial charge in [-0.2, -0.15) is 5.10 Å². The van der Waals surface area contributed by atoms with E-state index in [1.807, 2.05) is 30.3 Å². The molecule has 1 fully saturated rings. The van der Waals surface area contributed by atoms with Crippen LogP contribution in [-0.2, 0) is 15.8 Å². The molecule has 12 heteroatoms. The first-order chi connectivity index (χ1) is 14.3. The molecule has 0 radical (unpaired) electrons. The van der Waals surface area contributed by atoms with Crippen molar-refractivity contribution in [1.29, 1.82) is 0 Å². The number of nitrogens with zero attached hydrogens (tertiary/aromatic N) is 4. The normalized spacial score (nSPS) is 24.7. The summed E-state index contributed by atoms with van der Waals surface area (Å²) in [5.74, 6) is 1.17. The number of rotatable bonds is 6. The van der Waals surface area contributed by atoms with Crippen molar-refractivity contribution >= 4 is 24.4 Å². The van der Waals surface area contributed by atoms with E-state index in [0.29, 0.717) is 29.2 Å². The second kappa shape index (κ2) is 8.23. The Morgan fingerprint density at radius 2 is 1.93 bits per heavy atom. The summed E-state index contributed by atoms with van der Waals surface area (Å²) in [5, 5.41) is 28.6. The summed E-state index contributed by atoms with van der Waals surface area (Å²) in [4.78, 5) is 26.4. The molecule has 4 rings (SSSR count). The average Bonchev–Trinajstić information content (AvgIpc) is 3.27. The van der Waals surface area contributed by atoms with Crippen LogP contribution in [0.3, 0.4) is 0 Å². The predicted molar refractivity (Wildman–Crippen MR) is 106 cm³/mol. The summed E-state index contributed by atoms with van der Waals surface area (Å²) in [7, 11) is -4.43. The van der Waals surface area contributed by atoms with Gasteiger partial charge in [0, 0.05) is 12.4 Å². The maximum Gasteiger partial charge on any atom is 0.348 e. The molecule has 4 atom stereocenters. The number of aliphatic hydroxyl groups excluding tert-OH is 2. The van der Waals surface area contributed by atoms with Crippen LogP contribution >= 0.6 is 7.60 Å². The highest BCUT2D eigenvalue weighted by Gasteiger charge is 2.44. The van der Waals surface area contributed by atoms with Gasteiger partial charge in [-0.25, -0.2) is 14.6 Å². The van der Waals surface area contributed by atoms with E-state index in [4.69, 9.17) is 14.5 Å². The lowest BCUT2D eigenvalue weighted by Crippen LogP contribution is -2.31. The van der Waals surface area contributed by atoms with Gasteiger partial charge in [-0.15, -0.1) is 0 Å². The summed E-state index contributed by atoms with van der Waals surface area (Å²) in [5.41, 5.74) is 1.44. The molecule has 1 saturated heterocycles. The smallest absolute Gasteiger partial charge is 0.348 e. The second-order valence-corrected chi connectivity index (χ2v) is 8.27. The third-order valence-corrected chi connectivity index (χ3v) is 5.24. The van der Waals surface area contributed by atoms with Crippen molar-refractivity contribution < 1.29 is 29.3 Å². The van der Waals surface area contributed by atoms with Crippen LogP contribution in [0.4, 0.5) is 5.82 Å². The number of fused-ring (bicyclic) bond motifs is 1. The molecule has 1 aliphatic heterocycles. The van der Waals surface area contributed by atoms with Crippen LogP contribution in [0, 0.1) is 0 Å². The zero-order valence-corrected chi connectivity index (χ0v) is 16.4. The topological polar surface area (TPSA) is 163 Å². The van der Waals surface area contributed by atoms with Crippen LogP contribution in [0.5, 0.6) is 0 Å². The van der Waals surface area contributed by atoms with Crippen molar-refractivity contribution in [2.24, 2.45) is 0 Å². The van der Waals surface area contributed by atoms with Crippen molar-refractivity contribution in [1.82, 2.24) is 19.7 Å². The highest BCUT2D eigenvalue weighted by Crippen LogP contribution is 2.38. The molecule has 1 aliphatic rings. The van der Waals surface area contributed by atoms with Crippen LogP contribution in [0.2, 0.25) is 0 Å². The third-order valence-electron chi connectivity index (χ3n) is 4.68. The number of hydrogen-bond acceptors (Lipinski definition) is 8. The van der Waals surface area contributed by atoms with E-state index in [2.05, 4.69) is 20.4 Å². The van der Waals surface area contributed by atoms with Gasteiger partial charge < -0.3 is 30.1 Å². The maximum absolute atomic E-state index is 11.0. The fourth-order valence-corrected chi connectivity index (χ4v) is 3.61. The fraction of sp³-hybridized carbons (Fsp3) is 0.278. The van der Waals surface area contributed by atoms with Crippen molar-refractivity contribution in [3.8, 4) is 0 Å². The maximum atomic E-state index is 11.0. The third kappa shape index (κ3) is 4.26. The molecule has 0 amide bonds. The number of aliphatic hydroxyl groups is 2. The molecule has 0 bridgehead atoms. The van der Waals surface area contributed by atoms with Crippen LogP contribution in [0.25, 0.3) is 11.0 Å². The Bertz CT molecular complexity index is 1100. The monoisotopic (exact) mass is 433 g/mol. The van der Waals surface area contributed by atoms with E-state index in [1.54, 1.807) is 0 Å². The SMILES string of the molecule is O=P(O)(O)/C=C/[C@H]1O[C@@H](n2ncc3c(NCc4ccccc4)ncnc32)[C@H](O)[C@@H]1O. The summed E-state index contributed by atoms with van der Waals surface area (Å²) in [6, 6.07) is 9.76. The molecule has 158 valence electrons. The highest BCUT2D eigenvalue weighted by molar-refractivity contribution is 7.55. The largest absolute Gasteiger partial charge is 0.387 e. The summed E-state index contributed by atoms with van der Waals surface area (Å²) < 4.78 is 17.9. The number of hydrogen-bond donors (Lipinski definition) is 5. The fourth-order valence-electron chi connectivity index (χ4n) is 3.21. The first-order valence-electron chi connectivity index (χ1n) is 9.06. The molecule has 0 aliphatic carbocycles. The van der Waals surface area contributed by atoms with Crippen molar-refractivity contribution in [3.63, 3.8) is 0 Å². The van der Waals surface area contributed by atoms with Gasteiger partial charge in [0.05, 0.1) is 11.6 Å². The van der Waals surface area contributed by atoms with Gasteiger partial charge in [0.2, 0.25) is 0 Å². The molecule has 0 spiro atoms. The average molecular weight is 433 g/mol. The lowest BCUT2D eigenvalue weighted by atomic mass is 10.1. The van der Waals surface area contributed by atoms with Gasteiger partial charge >= 0.3 is 7.60 Å². The van der Waals surface area contributed by atoms with E-state index >= 15 is 0 Å². The molecule has 0 unspecified atom stereocenters. The van der Waals surface area contributed by atoms with Crippen LogP contribution in [0.15, 0.2) is 54.7 Å². The molecular weight excluding hydrogens is 413 g/mol. The Morgan fingerprint density at radius 1 is 1.17 bits per heavy atom. The minimum Gasteiger partial charge on any atom is -0.387 e. The van der Waals surface area contributed by atoms with E-state index < -0.39 is 32.1 Å². The van der Waals surface area contributed by atoms with Crippen molar-refractivity contribution in [3.05, 3.63) is 60.3 Å². The van der Waals surface area contributed by atoms with E-state index in [-0.39, 0.29) is 0 Å². The molecule has 5 N–H and O–H groups in total. The minimum absolute atomic E-state index is 0.372. The van der Waals surface area contributed by atoms with Crippen molar-refractivity contribution in [2.75, 3.05) is 5.32 Å². The predicted octanol–water partition coefficient (Wildman–Crippen LogP) is 0.749. The van der Waals surface area contributed by atoms with Crippen molar-refractivity contribution in [2.45, 2.75) is 31.1 Å². The van der Waals surface area contributed by atoms with Gasteiger partial charge in [0.15, 0.2) is 11.9 Å². The Kier molecular flexibility index (Phi) is 5.65. The molecule has 0 saturated carbocycles. The van der Waals surface area contributed by atoms with Gasteiger partial charge in [-0.05, 0) is 11.6 Å². The Morgan fingerprint density at radius 3 is 2.67 bits per heavy atom. The van der Waals surface area contributed by atoms with Gasteiger partial charge in [-0.3, -0.25) is 4.57 Å². The Balaban J connectivity index is 1.58. The zero-order valence-electron chi connectivity index (χ0n) is 15.6. The summed E-state index contributed by atoms with van der Waals surface area (Å²) in [6.45, 7) is 0.536. The van der Waals surface area contributed by atoms with E-state index in [0.717, 1.165) is 11.6 Å². The Labute approximate surface area is 170 Å². The minimum atomic E-state index is -4.43. The number of ether oxygens (including phenoxy) is 1. The molecule has 3 aromatic rings. The van der Waals surface area contributed by atoms with Gasteiger partial charge in [0.25, 0.3) is 0 Å². The number of benzene rings is 1. The quantitative estimate of drug-likeness (QED) is 0.351. The number of aromatic nitrogens is 4. The first kappa shape index (κ1) is 20.6. The molecule has 30 heavy (non-hydrogen) atoms. The Hall–Kier alpha value is -2.66. The molecule has 1 aromatic carbocycles. The standard InChI is InChI=1S/C18H20N5O6P/c24-14-13(6-7-30(26,27)28)29-18(15(14)25)23-17-12(9-22-23)16(20-10-21-17)19-8-11-4-2-1-3-5-11/h1-7,9-10,13-15,18,24-25H,8H2,(H,19,20,21)(H2,26,27,28)/b7-6+/t13-,14-,15-,18-/m1/s1.